The number of carbonyl (C=O) groups is 2. The van der Waals surface area contributed by atoms with Crippen molar-refractivity contribution in [1.29, 1.82) is 0 Å². The molecular formula is C35H40O4. The molecule has 2 aliphatic rings. The third kappa shape index (κ3) is 9.86. The number of carbonyl (C=O) groups excluding carboxylic acids is 2. The Hall–Kier alpha value is -3.66. The third-order valence-electron chi connectivity index (χ3n) is 7.21. The van der Waals surface area contributed by atoms with E-state index in [2.05, 4.69) is 60.7 Å². The number of esters is 2. The van der Waals surface area contributed by atoms with Gasteiger partial charge >= 0.3 is 11.9 Å². The van der Waals surface area contributed by atoms with Crippen molar-refractivity contribution in [3.05, 3.63) is 107 Å². The summed E-state index contributed by atoms with van der Waals surface area (Å²) in [5.41, 5.74) is 7.61. The molecule has 0 saturated carbocycles. The quantitative estimate of drug-likeness (QED) is 0.207. The number of ether oxygens (including phenoxy) is 2. The number of benzene rings is 2. The van der Waals surface area contributed by atoms with Gasteiger partial charge in [0, 0.05) is 0 Å². The molecule has 0 unspecified atom stereocenters. The van der Waals surface area contributed by atoms with Gasteiger partial charge in [0.2, 0.25) is 0 Å². The molecule has 0 atom stereocenters. The van der Waals surface area contributed by atoms with Gasteiger partial charge in [-0.05, 0) is 80.1 Å². The maximum absolute atomic E-state index is 12.2. The fraction of sp³-hybridized carbons (Fsp3) is 0.371. The first kappa shape index (κ1) is 28.4. The SMILES string of the molecule is O=C(C/C=C1/C=C(c2ccccc2)CCC1)OCCCCCOC(=O)C/C=C1/C=C(c2ccccc2)CCC1. The van der Waals surface area contributed by atoms with Gasteiger partial charge in [-0.1, -0.05) is 96.1 Å². The highest BCUT2D eigenvalue weighted by Crippen LogP contribution is 2.30. The predicted octanol–water partition coefficient (Wildman–Crippen LogP) is 8.41. The van der Waals surface area contributed by atoms with Crippen molar-refractivity contribution in [2.75, 3.05) is 13.2 Å². The van der Waals surface area contributed by atoms with Crippen molar-refractivity contribution >= 4 is 23.1 Å². The largest absolute Gasteiger partial charge is 0.465 e. The van der Waals surface area contributed by atoms with E-state index in [9.17, 15) is 9.59 Å². The van der Waals surface area contributed by atoms with Crippen LogP contribution in [0.2, 0.25) is 0 Å². The summed E-state index contributed by atoms with van der Waals surface area (Å²) in [7, 11) is 0. The first-order valence-corrected chi connectivity index (χ1v) is 14.4. The maximum Gasteiger partial charge on any atom is 0.309 e. The van der Waals surface area contributed by atoms with Gasteiger partial charge in [0.05, 0.1) is 26.1 Å². The van der Waals surface area contributed by atoms with Gasteiger partial charge in [-0.3, -0.25) is 9.59 Å². The van der Waals surface area contributed by atoms with Crippen molar-refractivity contribution in [1.82, 2.24) is 0 Å². The van der Waals surface area contributed by atoms with E-state index in [1.165, 1.54) is 33.4 Å². The van der Waals surface area contributed by atoms with E-state index in [1.807, 2.05) is 24.3 Å². The monoisotopic (exact) mass is 524 g/mol. The van der Waals surface area contributed by atoms with E-state index in [0.717, 1.165) is 57.8 Å². The predicted molar refractivity (Wildman–Crippen MR) is 158 cm³/mol. The molecule has 0 bridgehead atoms. The summed E-state index contributed by atoms with van der Waals surface area (Å²) in [6, 6.07) is 20.8. The molecule has 0 fully saturated rings. The molecule has 0 heterocycles. The first-order chi connectivity index (χ1) is 19.2. The molecule has 4 heteroatoms. The molecule has 0 radical (unpaired) electrons. The van der Waals surface area contributed by atoms with Crippen LogP contribution in [0.15, 0.2) is 96.1 Å². The molecule has 2 aromatic rings. The number of allylic oxidation sites excluding steroid dienone is 6. The van der Waals surface area contributed by atoms with Crippen LogP contribution in [0.3, 0.4) is 0 Å². The molecule has 0 saturated heterocycles. The summed E-state index contributed by atoms with van der Waals surface area (Å²) in [4.78, 5) is 24.3. The lowest BCUT2D eigenvalue weighted by Crippen LogP contribution is -2.07. The van der Waals surface area contributed by atoms with E-state index in [0.29, 0.717) is 26.1 Å². The molecule has 0 N–H and O–H groups in total. The molecule has 4 nitrogen and oxygen atoms in total. The molecular weight excluding hydrogens is 484 g/mol. The summed E-state index contributed by atoms with van der Waals surface area (Å²) in [6.45, 7) is 0.812. The molecule has 39 heavy (non-hydrogen) atoms. The van der Waals surface area contributed by atoms with Crippen LogP contribution in [0.25, 0.3) is 11.1 Å². The van der Waals surface area contributed by atoms with Crippen molar-refractivity contribution in [2.24, 2.45) is 0 Å². The zero-order valence-corrected chi connectivity index (χ0v) is 22.9. The molecule has 2 aromatic carbocycles. The number of rotatable bonds is 12. The molecule has 0 aromatic heterocycles. The smallest absolute Gasteiger partial charge is 0.309 e. The Morgan fingerprint density at radius 3 is 1.46 bits per heavy atom. The van der Waals surface area contributed by atoms with Crippen LogP contribution < -0.4 is 0 Å². The Kier molecular flexibility index (Phi) is 11.4. The van der Waals surface area contributed by atoms with Gasteiger partial charge in [0.1, 0.15) is 0 Å². The normalized spacial score (nSPS) is 17.4. The van der Waals surface area contributed by atoms with E-state index in [4.69, 9.17) is 9.47 Å². The average Bonchev–Trinajstić information content (AvgIpc) is 2.99. The first-order valence-electron chi connectivity index (χ1n) is 14.4. The second-order valence-corrected chi connectivity index (χ2v) is 10.2. The van der Waals surface area contributed by atoms with E-state index >= 15 is 0 Å². The lowest BCUT2D eigenvalue weighted by molar-refractivity contribution is -0.143. The van der Waals surface area contributed by atoms with Gasteiger partial charge in [-0.25, -0.2) is 0 Å². The van der Waals surface area contributed by atoms with Gasteiger partial charge in [0.25, 0.3) is 0 Å². The van der Waals surface area contributed by atoms with Gasteiger partial charge in [0.15, 0.2) is 0 Å². The minimum absolute atomic E-state index is 0.186. The second kappa shape index (κ2) is 15.7. The number of unbranched alkanes of at least 4 members (excludes halogenated alkanes) is 2. The minimum Gasteiger partial charge on any atom is -0.465 e. The number of hydrogen-bond acceptors (Lipinski definition) is 4. The highest BCUT2D eigenvalue weighted by molar-refractivity contribution is 5.74. The van der Waals surface area contributed by atoms with Crippen LogP contribution in [0.1, 0.15) is 81.8 Å². The van der Waals surface area contributed by atoms with Crippen LogP contribution in [0, 0.1) is 0 Å². The molecule has 0 amide bonds. The van der Waals surface area contributed by atoms with Crippen molar-refractivity contribution in [3.63, 3.8) is 0 Å². The second-order valence-electron chi connectivity index (χ2n) is 10.2. The zero-order chi connectivity index (χ0) is 27.1. The van der Waals surface area contributed by atoms with Crippen molar-refractivity contribution in [3.8, 4) is 0 Å². The Bertz CT molecular complexity index is 1110. The lowest BCUT2D eigenvalue weighted by atomic mass is 9.90. The summed E-state index contributed by atoms with van der Waals surface area (Å²) in [5, 5.41) is 0. The highest BCUT2D eigenvalue weighted by Gasteiger charge is 2.11. The Balaban J connectivity index is 1.06. The van der Waals surface area contributed by atoms with Gasteiger partial charge in [-0.2, -0.15) is 0 Å². The molecule has 2 aliphatic carbocycles. The summed E-state index contributed by atoms with van der Waals surface area (Å²) < 4.78 is 10.8. The van der Waals surface area contributed by atoms with E-state index < -0.39 is 0 Å². The minimum atomic E-state index is -0.186. The Labute approximate surface area is 233 Å². The van der Waals surface area contributed by atoms with E-state index in [1.54, 1.807) is 0 Å². The topological polar surface area (TPSA) is 52.6 Å². The van der Waals surface area contributed by atoms with Gasteiger partial charge in [-0.15, -0.1) is 0 Å². The Morgan fingerprint density at radius 2 is 1.03 bits per heavy atom. The summed E-state index contributed by atoms with van der Waals surface area (Å²) >= 11 is 0. The maximum atomic E-state index is 12.2. The number of hydrogen-bond donors (Lipinski definition) is 0. The fourth-order valence-corrected chi connectivity index (χ4v) is 5.08. The lowest BCUT2D eigenvalue weighted by Gasteiger charge is -2.15. The van der Waals surface area contributed by atoms with Crippen LogP contribution >= 0.6 is 0 Å². The van der Waals surface area contributed by atoms with Gasteiger partial charge < -0.3 is 9.47 Å². The summed E-state index contributed by atoms with van der Waals surface area (Å²) in [6.07, 6.45) is 17.8. The molecule has 0 aliphatic heterocycles. The average molecular weight is 525 g/mol. The van der Waals surface area contributed by atoms with Crippen LogP contribution in [-0.2, 0) is 19.1 Å². The van der Waals surface area contributed by atoms with Crippen molar-refractivity contribution < 1.29 is 19.1 Å². The summed E-state index contributed by atoms with van der Waals surface area (Å²) in [5.74, 6) is -0.372. The van der Waals surface area contributed by atoms with Crippen LogP contribution in [0.4, 0.5) is 0 Å². The van der Waals surface area contributed by atoms with Crippen LogP contribution in [-0.4, -0.2) is 25.2 Å². The molecule has 4 rings (SSSR count). The standard InChI is InChI=1S/C35H40O4/c36-34(22-20-28-12-10-18-32(26-28)30-14-4-1-5-15-30)38-24-8-3-9-25-39-35(37)23-21-29-13-11-19-33(27-29)31-16-6-2-7-17-31/h1-2,4-7,14-17,20-21,26-27H,3,8-13,18-19,22-25H2/b28-20+,29-21+. The molecule has 0 spiro atoms. The Morgan fingerprint density at radius 1 is 0.590 bits per heavy atom. The van der Waals surface area contributed by atoms with Crippen LogP contribution in [0.5, 0.6) is 0 Å². The molecule has 204 valence electrons. The third-order valence-corrected chi connectivity index (χ3v) is 7.21. The highest BCUT2D eigenvalue weighted by atomic mass is 16.5. The van der Waals surface area contributed by atoms with Crippen molar-refractivity contribution in [2.45, 2.75) is 70.6 Å². The zero-order valence-electron chi connectivity index (χ0n) is 22.9. The fourth-order valence-electron chi connectivity index (χ4n) is 5.08. The van der Waals surface area contributed by atoms with E-state index in [-0.39, 0.29) is 11.9 Å².